The molecule has 1 aromatic rings. The number of likely N-dealkylation sites (tertiary alicyclic amines) is 1. The van der Waals surface area contributed by atoms with Crippen molar-refractivity contribution in [3.8, 4) is 5.75 Å². The van der Waals surface area contributed by atoms with E-state index in [2.05, 4.69) is 19.9 Å². The Morgan fingerprint density at radius 3 is 2.62 bits per heavy atom. The summed E-state index contributed by atoms with van der Waals surface area (Å²) < 4.78 is 41.0. The predicted octanol–water partition coefficient (Wildman–Crippen LogP) is 3.19. The van der Waals surface area contributed by atoms with Crippen molar-refractivity contribution in [3.05, 3.63) is 24.3 Å². The molecule has 1 heterocycles. The highest BCUT2D eigenvalue weighted by molar-refractivity contribution is 5.93. The zero-order valence-electron chi connectivity index (χ0n) is 13.5. The number of alkyl halides is 3. The summed E-state index contributed by atoms with van der Waals surface area (Å²) in [6, 6.07) is 5.73. The third-order valence-electron chi connectivity index (χ3n) is 3.74. The topological polar surface area (TPSA) is 62.9 Å². The standard InChI is InChI=1S/C16H23F3N4O/c17-16(18,19)24-14-8-2-1-7-13(14)22-15(20)21-9-3-4-10-23-11-5-6-12-23/h1-2,7-8H,3-6,9-12H2,(H3,20,21,22). The Morgan fingerprint density at radius 2 is 1.92 bits per heavy atom. The summed E-state index contributed by atoms with van der Waals surface area (Å²) in [6.07, 6.45) is -0.285. The molecule has 8 heteroatoms. The molecule has 1 aliphatic rings. The van der Waals surface area contributed by atoms with Crippen LogP contribution < -0.4 is 15.8 Å². The number of aliphatic imine (C=N–C) groups is 1. The first-order valence-corrected chi connectivity index (χ1v) is 8.08. The molecular formula is C16H23F3N4O. The Labute approximate surface area is 139 Å². The molecule has 134 valence electrons. The van der Waals surface area contributed by atoms with Crippen LogP contribution in [0, 0.1) is 0 Å². The molecule has 0 saturated carbocycles. The summed E-state index contributed by atoms with van der Waals surface area (Å²) in [7, 11) is 0. The van der Waals surface area contributed by atoms with Gasteiger partial charge in [0.2, 0.25) is 0 Å². The fourth-order valence-electron chi connectivity index (χ4n) is 2.61. The molecule has 1 aliphatic heterocycles. The van der Waals surface area contributed by atoms with Crippen LogP contribution in [0.2, 0.25) is 0 Å². The SMILES string of the molecule is NC(=NCCCCN1CCCC1)Nc1ccccc1OC(F)(F)F. The number of hydrogen-bond acceptors (Lipinski definition) is 3. The molecule has 1 aromatic carbocycles. The number of hydrogen-bond donors (Lipinski definition) is 2. The van der Waals surface area contributed by atoms with Crippen molar-refractivity contribution in [3.63, 3.8) is 0 Å². The molecule has 3 N–H and O–H groups in total. The van der Waals surface area contributed by atoms with Crippen molar-refractivity contribution >= 4 is 11.6 Å². The highest BCUT2D eigenvalue weighted by Gasteiger charge is 2.32. The number of ether oxygens (including phenoxy) is 1. The number of para-hydroxylation sites is 2. The normalized spacial score (nSPS) is 16.4. The van der Waals surface area contributed by atoms with Crippen LogP contribution in [0.25, 0.3) is 0 Å². The van der Waals surface area contributed by atoms with E-state index in [0.717, 1.165) is 19.4 Å². The second-order valence-electron chi connectivity index (χ2n) is 5.69. The van der Waals surface area contributed by atoms with Crippen molar-refractivity contribution in [2.45, 2.75) is 32.0 Å². The van der Waals surface area contributed by atoms with Gasteiger partial charge in [-0.15, -0.1) is 13.2 Å². The Morgan fingerprint density at radius 1 is 1.21 bits per heavy atom. The summed E-state index contributed by atoms with van der Waals surface area (Å²) >= 11 is 0. The Hall–Kier alpha value is -1.96. The van der Waals surface area contributed by atoms with E-state index < -0.39 is 6.36 Å². The molecule has 0 aromatic heterocycles. The number of rotatable bonds is 7. The molecule has 0 bridgehead atoms. The fraction of sp³-hybridized carbons (Fsp3) is 0.562. The zero-order chi connectivity index (χ0) is 17.4. The number of unbranched alkanes of at least 4 members (excludes halogenated alkanes) is 1. The molecule has 1 fully saturated rings. The maximum absolute atomic E-state index is 12.4. The first-order valence-electron chi connectivity index (χ1n) is 8.08. The van der Waals surface area contributed by atoms with Gasteiger partial charge in [0.15, 0.2) is 11.7 Å². The van der Waals surface area contributed by atoms with E-state index in [4.69, 9.17) is 5.73 Å². The third kappa shape index (κ3) is 6.66. The van der Waals surface area contributed by atoms with Crippen LogP contribution in [0.3, 0.4) is 0 Å². The molecule has 0 radical (unpaired) electrons. The van der Waals surface area contributed by atoms with E-state index in [-0.39, 0.29) is 17.4 Å². The van der Waals surface area contributed by atoms with Gasteiger partial charge >= 0.3 is 6.36 Å². The smallest absolute Gasteiger partial charge is 0.404 e. The fourth-order valence-corrected chi connectivity index (χ4v) is 2.61. The molecule has 1 saturated heterocycles. The lowest BCUT2D eigenvalue weighted by molar-refractivity contribution is -0.274. The molecule has 24 heavy (non-hydrogen) atoms. The number of anilines is 1. The van der Waals surface area contributed by atoms with E-state index >= 15 is 0 Å². The second kappa shape index (κ2) is 8.77. The van der Waals surface area contributed by atoms with Crippen molar-refractivity contribution < 1.29 is 17.9 Å². The molecule has 0 aliphatic carbocycles. The Kier molecular flexibility index (Phi) is 6.72. The summed E-state index contributed by atoms with van der Waals surface area (Å²) in [5.41, 5.74) is 5.87. The summed E-state index contributed by atoms with van der Waals surface area (Å²) in [4.78, 5) is 6.58. The maximum atomic E-state index is 12.4. The molecular weight excluding hydrogens is 321 g/mol. The minimum atomic E-state index is -4.75. The van der Waals surface area contributed by atoms with Crippen LogP contribution in [-0.4, -0.2) is 43.4 Å². The van der Waals surface area contributed by atoms with Crippen molar-refractivity contribution in [2.24, 2.45) is 10.7 Å². The number of guanidine groups is 1. The predicted molar refractivity (Wildman–Crippen MR) is 88.1 cm³/mol. The molecule has 0 unspecified atom stereocenters. The first kappa shape index (κ1) is 18.4. The van der Waals surface area contributed by atoms with Gasteiger partial charge in [-0.05, 0) is 57.5 Å². The van der Waals surface area contributed by atoms with Crippen molar-refractivity contribution in [2.75, 3.05) is 31.5 Å². The first-order chi connectivity index (χ1) is 11.4. The van der Waals surface area contributed by atoms with Crippen LogP contribution in [0.4, 0.5) is 18.9 Å². The van der Waals surface area contributed by atoms with E-state index in [1.54, 1.807) is 6.07 Å². The van der Waals surface area contributed by atoms with Gasteiger partial charge in [0.05, 0.1) is 5.69 Å². The van der Waals surface area contributed by atoms with E-state index in [9.17, 15) is 13.2 Å². The molecule has 0 atom stereocenters. The number of nitrogens with one attached hydrogen (secondary N) is 1. The Bertz CT molecular complexity index is 542. The van der Waals surface area contributed by atoms with Crippen LogP contribution in [0.5, 0.6) is 5.75 Å². The number of benzene rings is 1. The largest absolute Gasteiger partial charge is 0.573 e. The van der Waals surface area contributed by atoms with E-state index in [1.807, 2.05) is 0 Å². The zero-order valence-corrected chi connectivity index (χ0v) is 13.5. The van der Waals surface area contributed by atoms with Gasteiger partial charge in [0.25, 0.3) is 0 Å². The van der Waals surface area contributed by atoms with Gasteiger partial charge in [0.1, 0.15) is 0 Å². The highest BCUT2D eigenvalue weighted by atomic mass is 19.4. The van der Waals surface area contributed by atoms with Crippen LogP contribution >= 0.6 is 0 Å². The number of halogens is 3. The maximum Gasteiger partial charge on any atom is 0.573 e. The Balaban J connectivity index is 1.77. The van der Waals surface area contributed by atoms with E-state index in [0.29, 0.717) is 6.54 Å². The third-order valence-corrected chi connectivity index (χ3v) is 3.74. The minimum Gasteiger partial charge on any atom is -0.404 e. The summed E-state index contributed by atoms with van der Waals surface area (Å²) in [5, 5.41) is 2.66. The quantitative estimate of drug-likeness (QED) is 0.453. The lowest BCUT2D eigenvalue weighted by Crippen LogP contribution is -2.25. The van der Waals surface area contributed by atoms with E-state index in [1.165, 1.54) is 44.1 Å². The van der Waals surface area contributed by atoms with Gasteiger partial charge in [-0.1, -0.05) is 12.1 Å². The van der Waals surface area contributed by atoms with Gasteiger partial charge < -0.3 is 20.7 Å². The lowest BCUT2D eigenvalue weighted by atomic mass is 10.3. The summed E-state index contributed by atoms with van der Waals surface area (Å²) in [6.45, 7) is 3.94. The molecule has 0 spiro atoms. The minimum absolute atomic E-state index is 0.0781. The average molecular weight is 344 g/mol. The van der Waals surface area contributed by atoms with Crippen LogP contribution in [0.1, 0.15) is 25.7 Å². The molecule has 5 nitrogen and oxygen atoms in total. The van der Waals surface area contributed by atoms with Gasteiger partial charge in [-0.3, -0.25) is 4.99 Å². The number of nitrogens with zero attached hydrogens (tertiary/aromatic N) is 2. The average Bonchev–Trinajstić information content (AvgIpc) is 3.01. The van der Waals surface area contributed by atoms with Gasteiger partial charge in [-0.25, -0.2) is 0 Å². The van der Waals surface area contributed by atoms with Gasteiger partial charge in [-0.2, -0.15) is 0 Å². The molecule has 2 rings (SSSR count). The second-order valence-corrected chi connectivity index (χ2v) is 5.69. The van der Waals surface area contributed by atoms with Crippen LogP contribution in [0.15, 0.2) is 29.3 Å². The van der Waals surface area contributed by atoms with Crippen molar-refractivity contribution in [1.82, 2.24) is 4.90 Å². The molecule has 0 amide bonds. The van der Waals surface area contributed by atoms with Crippen LogP contribution in [-0.2, 0) is 0 Å². The lowest BCUT2D eigenvalue weighted by Gasteiger charge is -2.14. The monoisotopic (exact) mass is 344 g/mol. The summed E-state index contributed by atoms with van der Waals surface area (Å²) in [5.74, 6) is -0.258. The van der Waals surface area contributed by atoms with Crippen molar-refractivity contribution in [1.29, 1.82) is 0 Å². The highest BCUT2D eigenvalue weighted by Crippen LogP contribution is 2.29. The number of nitrogens with two attached hydrogens (primary N) is 1. The van der Waals surface area contributed by atoms with Gasteiger partial charge in [0, 0.05) is 6.54 Å².